The molecule has 1 aliphatic rings. The van der Waals surface area contributed by atoms with E-state index in [0.29, 0.717) is 17.1 Å². The first-order valence-electron chi connectivity index (χ1n) is 7.99. The monoisotopic (exact) mass is 355 g/mol. The molecule has 3 rings (SSSR count). The molecule has 1 N–H and O–H groups in total. The molecule has 0 aromatic heterocycles. The highest BCUT2D eigenvalue weighted by Gasteiger charge is 2.35. The van der Waals surface area contributed by atoms with Gasteiger partial charge in [0.05, 0.1) is 12.1 Å². The van der Waals surface area contributed by atoms with E-state index in [4.69, 9.17) is 11.6 Å². The molecule has 0 spiro atoms. The van der Waals surface area contributed by atoms with E-state index in [1.807, 2.05) is 43.3 Å². The fourth-order valence-electron chi connectivity index (χ4n) is 2.69. The van der Waals surface area contributed by atoms with Gasteiger partial charge in [-0.3, -0.25) is 9.59 Å². The molecule has 2 aromatic carbocycles. The van der Waals surface area contributed by atoms with E-state index in [1.165, 1.54) is 6.21 Å². The Labute approximate surface area is 151 Å². The van der Waals surface area contributed by atoms with Crippen molar-refractivity contribution in [3.8, 4) is 0 Å². The number of hydrogen-bond acceptors (Lipinski definition) is 3. The summed E-state index contributed by atoms with van der Waals surface area (Å²) in [6.45, 7) is 2.35. The lowest BCUT2D eigenvalue weighted by atomic mass is 10.1. The molecule has 2 aromatic rings. The molecule has 128 valence electrons. The molecule has 1 atom stereocenters. The SMILES string of the molecule is Cc1ccc(N2C[C@H](C(=O)N/N=C\c3ccccc3Cl)CC2=O)cc1. The van der Waals surface area contributed by atoms with Gasteiger partial charge in [0.2, 0.25) is 11.8 Å². The van der Waals surface area contributed by atoms with Crippen molar-refractivity contribution in [2.45, 2.75) is 13.3 Å². The van der Waals surface area contributed by atoms with Crippen LogP contribution in [0, 0.1) is 12.8 Å². The van der Waals surface area contributed by atoms with Crippen LogP contribution in [0.25, 0.3) is 0 Å². The minimum absolute atomic E-state index is 0.0564. The van der Waals surface area contributed by atoms with Gasteiger partial charge >= 0.3 is 0 Å². The van der Waals surface area contributed by atoms with Gasteiger partial charge in [-0.05, 0) is 25.1 Å². The number of rotatable bonds is 4. The first-order chi connectivity index (χ1) is 12.0. The van der Waals surface area contributed by atoms with Crippen molar-refractivity contribution in [1.29, 1.82) is 0 Å². The molecule has 0 unspecified atom stereocenters. The number of carbonyl (C=O) groups is 2. The Bertz CT molecular complexity index is 818. The largest absolute Gasteiger partial charge is 0.312 e. The normalized spacial score (nSPS) is 17.3. The number of aryl methyl sites for hydroxylation is 1. The Morgan fingerprint density at radius 1 is 1.24 bits per heavy atom. The zero-order valence-corrected chi connectivity index (χ0v) is 14.5. The van der Waals surface area contributed by atoms with E-state index >= 15 is 0 Å². The van der Waals surface area contributed by atoms with E-state index in [0.717, 1.165) is 11.3 Å². The Balaban J connectivity index is 1.61. The summed E-state index contributed by atoms with van der Waals surface area (Å²) < 4.78 is 0. The van der Waals surface area contributed by atoms with Gasteiger partial charge < -0.3 is 4.90 Å². The van der Waals surface area contributed by atoms with Crippen LogP contribution < -0.4 is 10.3 Å². The predicted octanol–water partition coefficient (Wildman–Crippen LogP) is 3.15. The number of nitrogens with zero attached hydrogens (tertiary/aromatic N) is 2. The maximum absolute atomic E-state index is 12.3. The van der Waals surface area contributed by atoms with E-state index in [1.54, 1.807) is 17.0 Å². The van der Waals surface area contributed by atoms with E-state index in [2.05, 4.69) is 10.5 Å². The lowest BCUT2D eigenvalue weighted by Gasteiger charge is -2.16. The molecule has 0 bridgehead atoms. The second-order valence-corrected chi connectivity index (χ2v) is 6.40. The van der Waals surface area contributed by atoms with Crippen molar-refractivity contribution in [1.82, 2.24) is 5.43 Å². The highest BCUT2D eigenvalue weighted by Crippen LogP contribution is 2.25. The molecular formula is C19H18ClN3O2. The van der Waals surface area contributed by atoms with Crippen LogP contribution in [0.5, 0.6) is 0 Å². The molecule has 2 amide bonds. The number of nitrogens with one attached hydrogen (secondary N) is 1. The van der Waals surface area contributed by atoms with Crippen LogP contribution in [0.15, 0.2) is 53.6 Å². The minimum Gasteiger partial charge on any atom is -0.312 e. The van der Waals surface area contributed by atoms with Gasteiger partial charge in [-0.25, -0.2) is 5.43 Å². The number of carbonyl (C=O) groups excluding carboxylic acids is 2. The number of hydrazone groups is 1. The number of anilines is 1. The minimum atomic E-state index is -0.419. The highest BCUT2D eigenvalue weighted by molar-refractivity contribution is 6.33. The van der Waals surface area contributed by atoms with E-state index < -0.39 is 5.92 Å². The fraction of sp³-hybridized carbons (Fsp3) is 0.211. The zero-order valence-electron chi connectivity index (χ0n) is 13.8. The molecule has 25 heavy (non-hydrogen) atoms. The Morgan fingerprint density at radius 2 is 1.96 bits per heavy atom. The summed E-state index contributed by atoms with van der Waals surface area (Å²) in [5.74, 6) is -0.748. The molecule has 1 saturated heterocycles. The van der Waals surface area contributed by atoms with Crippen molar-refractivity contribution >= 4 is 35.3 Å². The third-order valence-corrected chi connectivity index (χ3v) is 4.47. The highest BCUT2D eigenvalue weighted by atomic mass is 35.5. The van der Waals surface area contributed by atoms with Gasteiger partial charge in [0, 0.05) is 29.2 Å². The van der Waals surface area contributed by atoms with Crippen molar-refractivity contribution in [3.63, 3.8) is 0 Å². The second-order valence-electron chi connectivity index (χ2n) is 6.00. The smallest absolute Gasteiger partial charge is 0.245 e. The van der Waals surface area contributed by atoms with Crippen molar-refractivity contribution in [3.05, 3.63) is 64.7 Å². The Morgan fingerprint density at radius 3 is 2.68 bits per heavy atom. The fourth-order valence-corrected chi connectivity index (χ4v) is 2.88. The average molecular weight is 356 g/mol. The van der Waals surface area contributed by atoms with Crippen molar-refractivity contribution in [2.24, 2.45) is 11.0 Å². The second kappa shape index (κ2) is 7.49. The number of hydrogen-bond donors (Lipinski definition) is 1. The third-order valence-electron chi connectivity index (χ3n) is 4.13. The lowest BCUT2D eigenvalue weighted by molar-refractivity contribution is -0.126. The van der Waals surface area contributed by atoms with Crippen molar-refractivity contribution < 1.29 is 9.59 Å². The molecule has 0 saturated carbocycles. The van der Waals surface area contributed by atoms with Crippen LogP contribution in [0.1, 0.15) is 17.5 Å². The van der Waals surface area contributed by atoms with E-state index in [9.17, 15) is 9.59 Å². The summed E-state index contributed by atoms with van der Waals surface area (Å²) in [6, 6.07) is 14.9. The standard InChI is InChI=1S/C19H18ClN3O2/c1-13-6-8-16(9-7-13)23-12-15(10-18(23)24)19(25)22-21-11-14-4-2-3-5-17(14)20/h2-9,11,15H,10,12H2,1H3,(H,22,25)/b21-11-/t15-/m1/s1. The quantitative estimate of drug-likeness (QED) is 0.676. The molecule has 1 heterocycles. The first kappa shape index (κ1) is 17.2. The van der Waals surface area contributed by atoms with E-state index in [-0.39, 0.29) is 18.2 Å². The summed E-state index contributed by atoms with van der Waals surface area (Å²) in [6.07, 6.45) is 1.68. The summed E-state index contributed by atoms with van der Waals surface area (Å²) in [5.41, 5.74) is 5.15. The Hall–Kier alpha value is -2.66. The number of amides is 2. The molecule has 5 nitrogen and oxygen atoms in total. The lowest BCUT2D eigenvalue weighted by Crippen LogP contribution is -2.30. The van der Waals surface area contributed by atoms with Gasteiger partial charge in [0.1, 0.15) is 0 Å². The topological polar surface area (TPSA) is 61.8 Å². The predicted molar refractivity (Wildman–Crippen MR) is 98.8 cm³/mol. The molecule has 1 fully saturated rings. The molecule has 0 radical (unpaired) electrons. The third kappa shape index (κ3) is 4.06. The number of halogens is 1. The van der Waals surface area contributed by atoms with Crippen LogP contribution >= 0.6 is 11.6 Å². The van der Waals surface area contributed by atoms with Gasteiger partial charge in [0.25, 0.3) is 0 Å². The van der Waals surface area contributed by atoms with Crippen LogP contribution in [-0.2, 0) is 9.59 Å². The summed E-state index contributed by atoms with van der Waals surface area (Å²) in [5, 5.41) is 4.50. The Kier molecular flexibility index (Phi) is 5.14. The average Bonchev–Trinajstić information content (AvgIpc) is 2.99. The van der Waals surface area contributed by atoms with Crippen molar-refractivity contribution in [2.75, 3.05) is 11.4 Å². The molecule has 0 aliphatic carbocycles. The molecule has 1 aliphatic heterocycles. The number of benzene rings is 2. The molecule has 6 heteroatoms. The molecular weight excluding hydrogens is 338 g/mol. The van der Waals surface area contributed by atoms with Gasteiger partial charge in [0.15, 0.2) is 0 Å². The van der Waals surface area contributed by atoms with Gasteiger partial charge in [-0.1, -0.05) is 47.5 Å². The first-order valence-corrected chi connectivity index (χ1v) is 8.37. The van der Waals surface area contributed by atoms with Gasteiger partial charge in [-0.2, -0.15) is 5.10 Å². The van der Waals surface area contributed by atoms with Crippen LogP contribution in [0.2, 0.25) is 5.02 Å². The summed E-state index contributed by atoms with van der Waals surface area (Å²) >= 11 is 6.03. The van der Waals surface area contributed by atoms with Gasteiger partial charge in [-0.15, -0.1) is 0 Å². The van der Waals surface area contributed by atoms with Crippen LogP contribution in [0.3, 0.4) is 0 Å². The van der Waals surface area contributed by atoms with Crippen LogP contribution in [0.4, 0.5) is 5.69 Å². The van der Waals surface area contributed by atoms with Crippen LogP contribution in [-0.4, -0.2) is 24.6 Å². The maximum Gasteiger partial charge on any atom is 0.245 e. The maximum atomic E-state index is 12.3. The summed E-state index contributed by atoms with van der Waals surface area (Å²) in [7, 11) is 0. The summed E-state index contributed by atoms with van der Waals surface area (Å²) in [4.78, 5) is 26.1. The zero-order chi connectivity index (χ0) is 17.8.